The lowest BCUT2D eigenvalue weighted by molar-refractivity contribution is -0.148. The zero-order valence-corrected chi connectivity index (χ0v) is 15.6. The van der Waals surface area contributed by atoms with Gasteiger partial charge in [-0.2, -0.15) is 0 Å². The number of hydrogen-bond donors (Lipinski definition) is 0. The van der Waals surface area contributed by atoms with Crippen LogP contribution < -0.4 is 0 Å². The third-order valence-electron chi connectivity index (χ3n) is 3.53. The number of methoxy groups -OCH3 is 2. The fraction of sp³-hybridized carbons (Fsp3) is 0.800. The van der Waals surface area contributed by atoms with Crippen molar-refractivity contribution in [2.45, 2.75) is 38.9 Å². The van der Waals surface area contributed by atoms with E-state index in [1.165, 1.54) is 26.0 Å². The molecule has 1 fully saturated rings. The van der Waals surface area contributed by atoms with E-state index in [4.69, 9.17) is 26.4 Å². The summed E-state index contributed by atoms with van der Waals surface area (Å²) in [6, 6.07) is 0. The number of rotatable bonds is 5. The van der Waals surface area contributed by atoms with Crippen LogP contribution in [0.25, 0.3) is 0 Å². The number of carbonyl (C=O) groups excluding carboxylic acids is 2. The quantitative estimate of drug-likeness (QED) is 0.559. The van der Waals surface area contributed by atoms with E-state index in [9.17, 15) is 9.59 Å². The Morgan fingerprint density at radius 1 is 1.14 bits per heavy atom. The van der Waals surface area contributed by atoms with E-state index in [1.54, 1.807) is 0 Å². The highest BCUT2D eigenvalue weighted by molar-refractivity contribution is 8.23. The largest absolute Gasteiger partial charge is 0.479 e. The maximum absolute atomic E-state index is 12.1. The molecule has 1 rings (SSSR count). The molecule has 2 atom stereocenters. The topological polar surface area (TPSA) is 61.8 Å². The maximum Gasteiger partial charge on any atom is 0.311 e. The molecule has 0 spiro atoms. The molecule has 1 saturated carbocycles. The summed E-state index contributed by atoms with van der Waals surface area (Å²) in [4.78, 5) is 24.2. The number of thioether (sulfide) groups is 1. The van der Waals surface area contributed by atoms with Crippen molar-refractivity contribution in [3.8, 4) is 0 Å². The monoisotopic (exact) mass is 348 g/mol. The second-order valence-electron chi connectivity index (χ2n) is 6.48. The van der Waals surface area contributed by atoms with Crippen LogP contribution in [0.2, 0.25) is 0 Å². The smallest absolute Gasteiger partial charge is 0.311 e. The molecule has 22 heavy (non-hydrogen) atoms. The molecular formula is C15H24O5S2. The molecule has 0 aromatic rings. The SMILES string of the molecule is CCOC(=S)SC1(CC(C)(C)C)[C@@H](C(=O)OC)[C@@H]1C(=O)OC. The first-order valence-electron chi connectivity index (χ1n) is 7.14. The van der Waals surface area contributed by atoms with Crippen molar-refractivity contribution in [1.82, 2.24) is 0 Å². The van der Waals surface area contributed by atoms with Crippen molar-refractivity contribution < 1.29 is 23.8 Å². The second-order valence-corrected chi connectivity index (χ2v) is 8.44. The van der Waals surface area contributed by atoms with Crippen LogP contribution in [0.3, 0.4) is 0 Å². The summed E-state index contributed by atoms with van der Waals surface area (Å²) in [5, 5.41) is 0. The summed E-state index contributed by atoms with van der Waals surface area (Å²) in [6.45, 7) is 8.45. The van der Waals surface area contributed by atoms with E-state index >= 15 is 0 Å². The van der Waals surface area contributed by atoms with Crippen molar-refractivity contribution in [3.05, 3.63) is 0 Å². The van der Waals surface area contributed by atoms with Gasteiger partial charge < -0.3 is 14.2 Å². The van der Waals surface area contributed by atoms with Crippen LogP contribution in [-0.4, -0.2) is 41.9 Å². The minimum Gasteiger partial charge on any atom is -0.479 e. The summed E-state index contributed by atoms with van der Waals surface area (Å²) < 4.78 is 14.8. The summed E-state index contributed by atoms with van der Waals surface area (Å²) in [5.74, 6) is -1.95. The van der Waals surface area contributed by atoms with Crippen molar-refractivity contribution in [2.75, 3.05) is 20.8 Å². The molecule has 0 bridgehead atoms. The van der Waals surface area contributed by atoms with E-state index in [1.807, 2.05) is 6.92 Å². The number of esters is 2. The number of thiocarbonyl (C=S) groups is 1. The van der Waals surface area contributed by atoms with Crippen molar-refractivity contribution in [3.63, 3.8) is 0 Å². The van der Waals surface area contributed by atoms with Gasteiger partial charge in [-0.25, -0.2) is 0 Å². The molecule has 0 amide bonds. The zero-order valence-electron chi connectivity index (χ0n) is 13.9. The van der Waals surface area contributed by atoms with Gasteiger partial charge >= 0.3 is 11.9 Å². The molecule has 0 aromatic heterocycles. The van der Waals surface area contributed by atoms with Gasteiger partial charge in [0.1, 0.15) is 0 Å². The Labute approximate surface area is 141 Å². The Hall–Kier alpha value is -0.820. The van der Waals surface area contributed by atoms with Crippen molar-refractivity contribution in [1.29, 1.82) is 0 Å². The normalized spacial score (nSPS) is 27.0. The lowest BCUT2D eigenvalue weighted by Gasteiger charge is -2.26. The lowest BCUT2D eigenvalue weighted by Crippen LogP contribution is -2.25. The average Bonchev–Trinajstić information content (AvgIpc) is 3.02. The molecule has 5 nitrogen and oxygen atoms in total. The van der Waals surface area contributed by atoms with Crippen LogP contribution in [0, 0.1) is 17.3 Å². The van der Waals surface area contributed by atoms with E-state index in [0.29, 0.717) is 17.4 Å². The summed E-state index contributed by atoms with van der Waals surface area (Å²) >= 11 is 6.49. The standard InChI is InChI=1S/C15H24O5S2/c1-7-20-13(21)22-15(8-14(2,3)4)9(11(16)18-5)10(15)12(17)19-6/h9-10H,7-8H2,1-6H3/t9-,10-/m1/s1. The Bertz CT molecular complexity index is 433. The first-order valence-corrected chi connectivity index (χ1v) is 8.37. The minimum absolute atomic E-state index is 0.0934. The molecule has 126 valence electrons. The van der Waals surface area contributed by atoms with Gasteiger partial charge in [-0.05, 0) is 31.0 Å². The highest BCUT2D eigenvalue weighted by Gasteiger charge is 2.74. The molecule has 7 heteroatoms. The van der Waals surface area contributed by atoms with Gasteiger partial charge in [-0.1, -0.05) is 32.5 Å². The first-order chi connectivity index (χ1) is 10.1. The predicted molar refractivity (Wildman–Crippen MR) is 89.6 cm³/mol. The Morgan fingerprint density at radius 2 is 1.59 bits per heavy atom. The summed E-state index contributed by atoms with van der Waals surface area (Å²) in [6.07, 6.45) is 0.622. The van der Waals surface area contributed by atoms with Gasteiger partial charge in [0, 0.05) is 0 Å². The van der Waals surface area contributed by atoms with Crippen LogP contribution in [0.4, 0.5) is 0 Å². The second kappa shape index (κ2) is 7.17. The Morgan fingerprint density at radius 3 is 1.91 bits per heavy atom. The van der Waals surface area contributed by atoms with Crippen LogP contribution in [0.15, 0.2) is 0 Å². The van der Waals surface area contributed by atoms with Gasteiger partial charge in [-0.3, -0.25) is 9.59 Å². The van der Waals surface area contributed by atoms with Crippen LogP contribution in [0.5, 0.6) is 0 Å². The molecule has 0 aromatic carbocycles. The summed E-state index contributed by atoms with van der Waals surface area (Å²) in [5.41, 5.74) is -0.0934. The molecule has 0 heterocycles. The molecule has 1 aliphatic carbocycles. The third-order valence-corrected chi connectivity index (χ3v) is 5.21. The van der Waals surface area contributed by atoms with E-state index < -0.39 is 28.5 Å². The zero-order chi connectivity index (χ0) is 17.1. The van der Waals surface area contributed by atoms with E-state index in [2.05, 4.69) is 20.8 Å². The Balaban J connectivity index is 3.14. The highest BCUT2D eigenvalue weighted by Crippen LogP contribution is 2.65. The molecular weight excluding hydrogens is 324 g/mol. The molecule has 0 N–H and O–H groups in total. The van der Waals surface area contributed by atoms with Crippen LogP contribution in [-0.2, 0) is 23.8 Å². The average molecular weight is 348 g/mol. The maximum atomic E-state index is 12.1. The van der Waals surface area contributed by atoms with Gasteiger partial charge in [0.25, 0.3) is 0 Å². The molecule has 0 saturated heterocycles. The van der Waals surface area contributed by atoms with Gasteiger partial charge in [0.15, 0.2) is 0 Å². The van der Waals surface area contributed by atoms with Crippen LogP contribution >= 0.6 is 24.0 Å². The summed E-state index contributed by atoms with van der Waals surface area (Å²) in [7, 11) is 2.64. The first kappa shape index (κ1) is 19.2. The van der Waals surface area contributed by atoms with E-state index in [0.717, 1.165) is 0 Å². The molecule has 0 radical (unpaired) electrons. The van der Waals surface area contributed by atoms with E-state index in [-0.39, 0.29) is 5.41 Å². The molecule has 0 aliphatic heterocycles. The molecule has 1 aliphatic rings. The van der Waals surface area contributed by atoms with Crippen LogP contribution in [0.1, 0.15) is 34.1 Å². The fourth-order valence-electron chi connectivity index (χ4n) is 2.86. The van der Waals surface area contributed by atoms with Gasteiger partial charge in [-0.15, -0.1) is 0 Å². The fourth-order valence-corrected chi connectivity index (χ4v) is 5.08. The van der Waals surface area contributed by atoms with Gasteiger partial charge in [0.2, 0.25) is 4.38 Å². The predicted octanol–water partition coefficient (Wildman–Crippen LogP) is 2.81. The Kier molecular flexibility index (Phi) is 6.27. The van der Waals surface area contributed by atoms with Crippen molar-refractivity contribution in [2.24, 2.45) is 17.3 Å². The minimum atomic E-state index is -0.662. The van der Waals surface area contributed by atoms with Gasteiger partial charge in [0.05, 0.1) is 37.4 Å². The lowest BCUT2D eigenvalue weighted by atomic mass is 9.88. The highest BCUT2D eigenvalue weighted by atomic mass is 32.2. The number of carbonyl (C=O) groups is 2. The molecule has 0 unspecified atom stereocenters. The van der Waals surface area contributed by atoms with Crippen molar-refractivity contribution >= 4 is 40.3 Å². The number of ether oxygens (including phenoxy) is 3. The third kappa shape index (κ3) is 4.13. The number of hydrogen-bond acceptors (Lipinski definition) is 7.